The third-order valence-electron chi connectivity index (χ3n) is 3.53. The molecule has 0 saturated heterocycles. The molecule has 2 N–H and O–H groups in total. The van der Waals surface area contributed by atoms with E-state index in [0.29, 0.717) is 5.69 Å². The molecule has 1 heterocycles. The fourth-order valence-electron chi connectivity index (χ4n) is 2.38. The van der Waals surface area contributed by atoms with Crippen molar-refractivity contribution in [1.29, 1.82) is 0 Å². The third kappa shape index (κ3) is 4.11. The van der Waals surface area contributed by atoms with Crippen LogP contribution >= 0.6 is 0 Å². The number of anilines is 3. The van der Waals surface area contributed by atoms with Gasteiger partial charge in [-0.3, -0.25) is 5.32 Å². The predicted molar refractivity (Wildman–Crippen MR) is 101 cm³/mol. The van der Waals surface area contributed by atoms with Gasteiger partial charge in [0.05, 0.1) is 0 Å². The van der Waals surface area contributed by atoms with Gasteiger partial charge < -0.3 is 10.2 Å². The van der Waals surface area contributed by atoms with Crippen molar-refractivity contribution in [2.24, 2.45) is 0 Å². The van der Waals surface area contributed by atoms with E-state index < -0.39 is 0 Å². The zero-order chi connectivity index (χ0) is 17.6. The summed E-state index contributed by atoms with van der Waals surface area (Å²) in [5.41, 5.74) is 2.62. The first kappa shape index (κ1) is 16.4. The third-order valence-corrected chi connectivity index (χ3v) is 3.53. The van der Waals surface area contributed by atoms with Crippen molar-refractivity contribution in [3.8, 4) is 11.1 Å². The topological polar surface area (TPSA) is 70.2 Å². The molecular formula is C19H19N5O. The second-order valence-electron chi connectivity index (χ2n) is 5.64. The molecule has 6 nitrogen and oxygen atoms in total. The highest BCUT2D eigenvalue weighted by Gasteiger charge is 2.12. The number of carbonyl (C=O) groups is 1. The second kappa shape index (κ2) is 7.44. The van der Waals surface area contributed by atoms with Crippen LogP contribution in [0.3, 0.4) is 0 Å². The minimum absolute atomic E-state index is 0.247. The van der Waals surface area contributed by atoms with Crippen LogP contribution < -0.4 is 15.5 Å². The molecule has 0 bridgehead atoms. The van der Waals surface area contributed by atoms with Gasteiger partial charge in [0.1, 0.15) is 5.82 Å². The van der Waals surface area contributed by atoms with E-state index >= 15 is 0 Å². The molecule has 0 unspecified atom stereocenters. The van der Waals surface area contributed by atoms with Gasteiger partial charge in [0.25, 0.3) is 0 Å². The molecule has 0 aliphatic rings. The van der Waals surface area contributed by atoms with Gasteiger partial charge in [0, 0.05) is 31.5 Å². The van der Waals surface area contributed by atoms with Gasteiger partial charge in [0.2, 0.25) is 5.95 Å². The Morgan fingerprint density at radius 1 is 0.920 bits per heavy atom. The van der Waals surface area contributed by atoms with Gasteiger partial charge in [-0.05, 0) is 17.7 Å². The van der Waals surface area contributed by atoms with Crippen LogP contribution in [0.15, 0.2) is 66.9 Å². The summed E-state index contributed by atoms with van der Waals surface area (Å²) in [5.74, 6) is 0.980. The number of rotatable bonds is 4. The first-order valence-corrected chi connectivity index (χ1v) is 7.86. The van der Waals surface area contributed by atoms with Crippen molar-refractivity contribution in [2.45, 2.75) is 0 Å². The number of benzene rings is 2. The minimum atomic E-state index is -0.386. The van der Waals surface area contributed by atoms with Crippen molar-refractivity contribution < 1.29 is 4.79 Å². The Hall–Kier alpha value is -3.41. The Balaban J connectivity index is 1.81. The highest BCUT2D eigenvalue weighted by Crippen LogP contribution is 2.28. The van der Waals surface area contributed by atoms with Crippen LogP contribution in [0, 0.1) is 0 Å². The van der Waals surface area contributed by atoms with Crippen LogP contribution in [0.2, 0.25) is 0 Å². The van der Waals surface area contributed by atoms with E-state index in [9.17, 15) is 4.79 Å². The molecule has 0 aliphatic carbocycles. The Kier molecular flexibility index (Phi) is 4.89. The summed E-state index contributed by atoms with van der Waals surface area (Å²) in [4.78, 5) is 22.7. The van der Waals surface area contributed by atoms with Gasteiger partial charge in [-0.25, -0.2) is 9.78 Å². The second-order valence-corrected chi connectivity index (χ2v) is 5.64. The number of para-hydroxylation sites is 1. The molecule has 126 valence electrons. The van der Waals surface area contributed by atoms with Crippen LogP contribution in [0.25, 0.3) is 11.1 Å². The van der Waals surface area contributed by atoms with E-state index in [4.69, 9.17) is 0 Å². The van der Waals surface area contributed by atoms with Crippen LogP contribution in [0.1, 0.15) is 0 Å². The van der Waals surface area contributed by atoms with Crippen molar-refractivity contribution in [3.63, 3.8) is 0 Å². The van der Waals surface area contributed by atoms with Crippen molar-refractivity contribution in [1.82, 2.24) is 9.97 Å². The van der Waals surface area contributed by atoms with Crippen molar-refractivity contribution in [2.75, 3.05) is 29.6 Å². The number of nitrogens with one attached hydrogen (secondary N) is 2. The molecule has 0 radical (unpaired) electrons. The molecule has 1 aromatic heterocycles. The first-order valence-electron chi connectivity index (χ1n) is 7.86. The standard InChI is InChI=1S/C19H19N5O/c1-24(2)17-16(14-9-5-3-6-10-14)13-20-18(22-17)23-19(25)21-15-11-7-4-8-12-15/h3-13H,1-2H3,(H2,20,21,22,23,25). The Morgan fingerprint density at radius 2 is 1.56 bits per heavy atom. The highest BCUT2D eigenvalue weighted by atomic mass is 16.2. The number of hydrogen-bond donors (Lipinski definition) is 2. The summed E-state index contributed by atoms with van der Waals surface area (Å²) in [7, 11) is 3.81. The Labute approximate surface area is 146 Å². The maximum atomic E-state index is 12.1. The molecule has 2 aromatic carbocycles. The van der Waals surface area contributed by atoms with E-state index in [2.05, 4.69) is 20.6 Å². The number of amides is 2. The molecule has 0 saturated carbocycles. The SMILES string of the molecule is CN(C)c1nc(NC(=O)Nc2ccccc2)ncc1-c1ccccc1. The lowest BCUT2D eigenvalue weighted by atomic mass is 10.1. The normalized spacial score (nSPS) is 10.2. The smallest absolute Gasteiger partial charge is 0.326 e. The average molecular weight is 333 g/mol. The van der Waals surface area contributed by atoms with Crippen LogP contribution in [-0.2, 0) is 0 Å². The van der Waals surface area contributed by atoms with Crippen LogP contribution in [0.4, 0.5) is 22.2 Å². The average Bonchev–Trinajstić information content (AvgIpc) is 2.63. The van der Waals surface area contributed by atoms with Gasteiger partial charge in [-0.15, -0.1) is 0 Å². The number of carbonyl (C=O) groups excluding carboxylic acids is 1. The Bertz CT molecular complexity index is 850. The summed E-state index contributed by atoms with van der Waals surface area (Å²) in [5, 5.41) is 5.41. The fourth-order valence-corrected chi connectivity index (χ4v) is 2.38. The van der Waals surface area contributed by atoms with E-state index in [1.54, 1.807) is 6.20 Å². The molecule has 0 atom stereocenters. The molecule has 0 fully saturated rings. The van der Waals surface area contributed by atoms with Crippen molar-refractivity contribution in [3.05, 3.63) is 66.9 Å². The molecule has 3 aromatic rings. The summed E-state index contributed by atoms with van der Waals surface area (Å²) in [6, 6.07) is 18.7. The minimum Gasteiger partial charge on any atom is -0.362 e. The lowest BCUT2D eigenvalue weighted by Gasteiger charge is -2.17. The zero-order valence-electron chi connectivity index (χ0n) is 14.1. The van der Waals surface area contributed by atoms with Gasteiger partial charge in [-0.2, -0.15) is 4.98 Å². The quantitative estimate of drug-likeness (QED) is 0.761. The summed E-state index contributed by atoms with van der Waals surface area (Å²) < 4.78 is 0. The van der Waals surface area contributed by atoms with Gasteiger partial charge in [0.15, 0.2) is 0 Å². The number of hydrogen-bond acceptors (Lipinski definition) is 4. The fraction of sp³-hybridized carbons (Fsp3) is 0.105. The van der Waals surface area contributed by atoms with E-state index in [1.807, 2.05) is 79.7 Å². The maximum Gasteiger partial charge on any atom is 0.326 e. The summed E-state index contributed by atoms with van der Waals surface area (Å²) >= 11 is 0. The number of urea groups is 1. The van der Waals surface area contributed by atoms with E-state index in [-0.39, 0.29) is 12.0 Å². The zero-order valence-corrected chi connectivity index (χ0v) is 14.1. The monoisotopic (exact) mass is 333 g/mol. The lowest BCUT2D eigenvalue weighted by Crippen LogP contribution is -2.22. The first-order chi connectivity index (χ1) is 12.1. The van der Waals surface area contributed by atoms with E-state index in [0.717, 1.165) is 16.9 Å². The van der Waals surface area contributed by atoms with E-state index in [1.165, 1.54) is 0 Å². The lowest BCUT2D eigenvalue weighted by molar-refractivity contribution is 0.262. The maximum absolute atomic E-state index is 12.1. The summed E-state index contributed by atoms with van der Waals surface area (Å²) in [6.45, 7) is 0. The molecule has 0 spiro atoms. The number of nitrogens with zero attached hydrogens (tertiary/aromatic N) is 3. The highest BCUT2D eigenvalue weighted by molar-refractivity contribution is 5.98. The molecule has 6 heteroatoms. The van der Waals surface area contributed by atoms with Crippen LogP contribution in [-0.4, -0.2) is 30.1 Å². The molecule has 2 amide bonds. The number of aromatic nitrogens is 2. The largest absolute Gasteiger partial charge is 0.362 e. The van der Waals surface area contributed by atoms with Crippen molar-refractivity contribution >= 4 is 23.5 Å². The molecule has 0 aliphatic heterocycles. The van der Waals surface area contributed by atoms with Crippen LogP contribution in [0.5, 0.6) is 0 Å². The molecule has 25 heavy (non-hydrogen) atoms. The predicted octanol–water partition coefficient (Wildman–Crippen LogP) is 3.85. The summed E-state index contributed by atoms with van der Waals surface area (Å²) in [6.07, 6.45) is 1.72. The van der Waals surface area contributed by atoms with Gasteiger partial charge >= 0.3 is 6.03 Å². The van der Waals surface area contributed by atoms with Gasteiger partial charge in [-0.1, -0.05) is 48.5 Å². The molecular weight excluding hydrogens is 314 g/mol. The Morgan fingerprint density at radius 3 is 2.20 bits per heavy atom. The molecule has 3 rings (SSSR count).